The smallest absolute Gasteiger partial charge is 0.132 e. The molecule has 2 aromatic heterocycles. The largest absolute Gasteiger partial charge is 0.388 e. The van der Waals surface area contributed by atoms with E-state index in [9.17, 15) is 0 Å². The standard InChI is InChI=1S/C6H7N5S/c7-6-5(9-10-12-6)4-11-3-1-2-8-11/h1-3H,4,7H2. The molecule has 0 fully saturated rings. The Labute approximate surface area is 73.0 Å². The summed E-state index contributed by atoms with van der Waals surface area (Å²) in [6, 6.07) is 1.86. The van der Waals surface area contributed by atoms with Crippen LogP contribution in [0.3, 0.4) is 0 Å². The molecule has 0 saturated heterocycles. The molecule has 0 aliphatic rings. The van der Waals surface area contributed by atoms with Gasteiger partial charge in [0, 0.05) is 23.9 Å². The van der Waals surface area contributed by atoms with E-state index in [0.717, 1.165) is 5.69 Å². The molecule has 0 spiro atoms. The first-order chi connectivity index (χ1) is 5.86. The first-order valence-corrected chi connectivity index (χ1v) is 4.18. The molecule has 0 bridgehead atoms. The van der Waals surface area contributed by atoms with Gasteiger partial charge in [-0.2, -0.15) is 5.10 Å². The minimum Gasteiger partial charge on any atom is -0.388 e. The van der Waals surface area contributed by atoms with Crippen molar-refractivity contribution in [3.05, 3.63) is 24.2 Å². The molecule has 2 rings (SSSR count). The molecule has 0 aliphatic heterocycles. The number of hydrogen-bond acceptors (Lipinski definition) is 5. The summed E-state index contributed by atoms with van der Waals surface area (Å²) in [4.78, 5) is 0. The number of rotatable bonds is 2. The summed E-state index contributed by atoms with van der Waals surface area (Å²) in [5.74, 6) is 0. The third-order valence-corrected chi connectivity index (χ3v) is 2.05. The van der Waals surface area contributed by atoms with E-state index < -0.39 is 0 Å². The van der Waals surface area contributed by atoms with E-state index in [2.05, 4.69) is 14.7 Å². The van der Waals surface area contributed by atoms with Gasteiger partial charge in [0.05, 0.1) is 6.54 Å². The Kier molecular flexibility index (Phi) is 1.75. The molecule has 0 radical (unpaired) electrons. The maximum atomic E-state index is 5.61. The highest BCUT2D eigenvalue weighted by Gasteiger charge is 2.03. The van der Waals surface area contributed by atoms with Crippen molar-refractivity contribution in [3.63, 3.8) is 0 Å². The normalized spacial score (nSPS) is 10.3. The van der Waals surface area contributed by atoms with Crippen LogP contribution < -0.4 is 5.73 Å². The summed E-state index contributed by atoms with van der Waals surface area (Å²) in [5, 5.41) is 8.56. The van der Waals surface area contributed by atoms with Crippen molar-refractivity contribution in [2.45, 2.75) is 6.54 Å². The zero-order chi connectivity index (χ0) is 8.39. The molecular weight excluding hydrogens is 174 g/mol. The van der Waals surface area contributed by atoms with E-state index in [4.69, 9.17) is 5.73 Å². The SMILES string of the molecule is Nc1snnc1Cn1cccn1. The number of nitrogens with two attached hydrogens (primary N) is 1. The Balaban J connectivity index is 2.20. The van der Waals surface area contributed by atoms with Crippen LogP contribution in [0, 0.1) is 0 Å². The van der Waals surface area contributed by atoms with Crippen LogP contribution in [0.2, 0.25) is 0 Å². The second kappa shape index (κ2) is 2.90. The van der Waals surface area contributed by atoms with Crippen molar-refractivity contribution < 1.29 is 0 Å². The summed E-state index contributed by atoms with van der Waals surface area (Å²) in [7, 11) is 0. The van der Waals surface area contributed by atoms with Crippen molar-refractivity contribution in [1.82, 2.24) is 19.4 Å². The molecule has 0 unspecified atom stereocenters. The van der Waals surface area contributed by atoms with Crippen LogP contribution >= 0.6 is 11.5 Å². The van der Waals surface area contributed by atoms with Crippen molar-refractivity contribution >= 4 is 16.5 Å². The lowest BCUT2D eigenvalue weighted by Crippen LogP contribution is -2.02. The van der Waals surface area contributed by atoms with E-state index in [0.29, 0.717) is 11.5 Å². The van der Waals surface area contributed by atoms with Gasteiger partial charge in [0.15, 0.2) is 0 Å². The predicted molar refractivity (Wildman–Crippen MR) is 45.7 cm³/mol. The van der Waals surface area contributed by atoms with Crippen LogP contribution in [-0.2, 0) is 6.54 Å². The number of aromatic nitrogens is 4. The summed E-state index contributed by atoms with van der Waals surface area (Å²) >= 11 is 1.20. The van der Waals surface area contributed by atoms with Crippen LogP contribution in [0.15, 0.2) is 18.5 Å². The third kappa shape index (κ3) is 1.28. The zero-order valence-electron chi connectivity index (χ0n) is 6.21. The molecular formula is C6H7N5S. The Bertz CT molecular complexity index is 352. The molecule has 2 N–H and O–H groups in total. The van der Waals surface area contributed by atoms with Gasteiger partial charge in [0.2, 0.25) is 0 Å². The Hall–Kier alpha value is -1.43. The molecule has 5 nitrogen and oxygen atoms in total. The third-order valence-electron chi connectivity index (χ3n) is 1.46. The van der Waals surface area contributed by atoms with Gasteiger partial charge in [0.25, 0.3) is 0 Å². The maximum Gasteiger partial charge on any atom is 0.132 e. The van der Waals surface area contributed by atoms with Gasteiger partial charge < -0.3 is 5.73 Å². The fourth-order valence-corrected chi connectivity index (χ4v) is 1.31. The van der Waals surface area contributed by atoms with Crippen molar-refractivity contribution in [1.29, 1.82) is 0 Å². The molecule has 0 saturated carbocycles. The second-order valence-electron chi connectivity index (χ2n) is 2.29. The average Bonchev–Trinajstić information content (AvgIpc) is 2.65. The molecule has 2 aromatic rings. The highest BCUT2D eigenvalue weighted by molar-refractivity contribution is 7.09. The van der Waals surface area contributed by atoms with E-state index in [1.54, 1.807) is 10.9 Å². The molecule has 0 atom stereocenters. The monoisotopic (exact) mass is 181 g/mol. The van der Waals surface area contributed by atoms with Gasteiger partial charge in [-0.15, -0.1) is 5.10 Å². The van der Waals surface area contributed by atoms with Gasteiger partial charge in [-0.3, -0.25) is 4.68 Å². The highest BCUT2D eigenvalue weighted by Crippen LogP contribution is 2.12. The summed E-state index contributed by atoms with van der Waals surface area (Å²) in [6.45, 7) is 0.593. The number of nitrogens with zero attached hydrogens (tertiary/aromatic N) is 4. The topological polar surface area (TPSA) is 69.6 Å². The lowest BCUT2D eigenvalue weighted by atomic mass is 10.4. The zero-order valence-corrected chi connectivity index (χ0v) is 7.03. The Morgan fingerprint density at radius 1 is 1.58 bits per heavy atom. The first-order valence-electron chi connectivity index (χ1n) is 3.40. The summed E-state index contributed by atoms with van der Waals surface area (Å²) in [6.07, 6.45) is 3.58. The average molecular weight is 181 g/mol. The molecule has 0 aliphatic carbocycles. The minimum atomic E-state index is 0.593. The van der Waals surface area contributed by atoms with Crippen LogP contribution in [0.25, 0.3) is 0 Å². The number of nitrogen functional groups attached to an aromatic ring is 1. The van der Waals surface area contributed by atoms with Gasteiger partial charge >= 0.3 is 0 Å². The van der Waals surface area contributed by atoms with Gasteiger partial charge in [0.1, 0.15) is 10.7 Å². The van der Waals surface area contributed by atoms with Gasteiger partial charge in [-0.25, -0.2) is 0 Å². The molecule has 6 heteroatoms. The number of hydrogen-bond donors (Lipinski definition) is 1. The van der Waals surface area contributed by atoms with Gasteiger partial charge in [-0.05, 0) is 6.07 Å². The first kappa shape index (κ1) is 7.23. The van der Waals surface area contributed by atoms with E-state index >= 15 is 0 Å². The lowest BCUT2D eigenvalue weighted by Gasteiger charge is -1.96. The van der Waals surface area contributed by atoms with Crippen LogP contribution in [-0.4, -0.2) is 19.4 Å². The fourth-order valence-electron chi connectivity index (χ4n) is 0.873. The molecule has 0 aromatic carbocycles. The van der Waals surface area contributed by atoms with Crippen molar-refractivity contribution in [2.24, 2.45) is 0 Å². The summed E-state index contributed by atoms with van der Waals surface area (Å²) < 4.78 is 5.48. The van der Waals surface area contributed by atoms with E-state index in [-0.39, 0.29) is 0 Å². The Morgan fingerprint density at radius 3 is 3.08 bits per heavy atom. The predicted octanol–water partition coefficient (Wildman–Crippen LogP) is 0.365. The fraction of sp³-hybridized carbons (Fsp3) is 0.167. The van der Waals surface area contributed by atoms with Gasteiger partial charge in [-0.1, -0.05) is 4.49 Å². The second-order valence-corrected chi connectivity index (χ2v) is 3.07. The van der Waals surface area contributed by atoms with Crippen LogP contribution in [0.1, 0.15) is 5.69 Å². The van der Waals surface area contributed by atoms with Crippen molar-refractivity contribution in [2.75, 3.05) is 5.73 Å². The minimum absolute atomic E-state index is 0.593. The van der Waals surface area contributed by atoms with E-state index in [1.807, 2.05) is 12.3 Å². The lowest BCUT2D eigenvalue weighted by molar-refractivity contribution is 0.672. The highest BCUT2D eigenvalue weighted by atomic mass is 32.1. The van der Waals surface area contributed by atoms with Crippen LogP contribution in [0.5, 0.6) is 0 Å². The summed E-state index contributed by atoms with van der Waals surface area (Å²) in [5.41, 5.74) is 6.39. The van der Waals surface area contributed by atoms with Crippen LogP contribution in [0.4, 0.5) is 5.00 Å². The Morgan fingerprint density at radius 2 is 2.50 bits per heavy atom. The maximum absolute atomic E-state index is 5.61. The molecule has 12 heavy (non-hydrogen) atoms. The number of anilines is 1. The quantitative estimate of drug-likeness (QED) is 0.726. The van der Waals surface area contributed by atoms with Crippen molar-refractivity contribution in [3.8, 4) is 0 Å². The molecule has 0 amide bonds. The molecule has 62 valence electrons. The molecule has 2 heterocycles. The van der Waals surface area contributed by atoms with E-state index in [1.165, 1.54) is 11.5 Å².